The Hall–Kier alpha value is -1.39. The molecule has 0 bridgehead atoms. The van der Waals surface area contributed by atoms with Gasteiger partial charge >= 0.3 is 0 Å². The van der Waals surface area contributed by atoms with Gasteiger partial charge in [-0.05, 0) is 35.9 Å². The fourth-order valence-electron chi connectivity index (χ4n) is 1.43. The van der Waals surface area contributed by atoms with Crippen LogP contribution < -0.4 is 5.73 Å². The molecule has 0 fully saturated rings. The largest absolute Gasteiger partial charge is 0.326 e. The maximum Gasteiger partial charge on any atom is 0.261 e. The minimum atomic E-state index is -0.0489. The number of carbonyl (C=O) groups excluding carboxylic acids is 1. The number of halogens is 1. The number of nitrogens with two attached hydrogens (primary N) is 1. The first-order valence-electron chi connectivity index (χ1n) is 4.88. The van der Waals surface area contributed by atoms with Crippen molar-refractivity contribution in [1.29, 1.82) is 0 Å². The number of nitrogens with zero attached hydrogens (tertiary/aromatic N) is 1. The average Bonchev–Trinajstić information content (AvgIpc) is 2.77. The molecular weight excluding hydrogens is 268 g/mol. The summed E-state index contributed by atoms with van der Waals surface area (Å²) in [5, 5.41) is 0. The molecular formula is C12H11BrN2O. The van der Waals surface area contributed by atoms with Crippen molar-refractivity contribution in [3.8, 4) is 0 Å². The summed E-state index contributed by atoms with van der Waals surface area (Å²) >= 11 is 3.33. The topological polar surface area (TPSA) is 48.0 Å². The average molecular weight is 279 g/mol. The molecule has 0 aliphatic heterocycles. The first-order valence-corrected chi connectivity index (χ1v) is 5.67. The van der Waals surface area contributed by atoms with Crippen molar-refractivity contribution in [2.75, 3.05) is 0 Å². The highest BCUT2D eigenvalue weighted by atomic mass is 79.9. The van der Waals surface area contributed by atoms with Crippen LogP contribution in [-0.4, -0.2) is 10.5 Å². The van der Waals surface area contributed by atoms with Crippen LogP contribution in [-0.2, 0) is 6.54 Å². The Bertz CT molecular complexity index is 502. The lowest BCUT2D eigenvalue weighted by Crippen LogP contribution is -2.09. The zero-order valence-corrected chi connectivity index (χ0v) is 10.1. The fraction of sp³-hybridized carbons (Fsp3) is 0.0833. The Kier molecular flexibility index (Phi) is 3.22. The van der Waals surface area contributed by atoms with Crippen LogP contribution in [0.1, 0.15) is 15.9 Å². The van der Waals surface area contributed by atoms with Gasteiger partial charge in [0.25, 0.3) is 5.91 Å². The van der Waals surface area contributed by atoms with E-state index in [4.69, 9.17) is 5.73 Å². The van der Waals surface area contributed by atoms with Crippen molar-refractivity contribution in [3.05, 3.63) is 58.3 Å². The molecule has 2 aromatic rings. The molecule has 0 atom stereocenters. The minimum Gasteiger partial charge on any atom is -0.326 e. The van der Waals surface area contributed by atoms with Gasteiger partial charge in [0.05, 0.1) is 0 Å². The number of aromatic nitrogens is 1. The Labute approximate surface area is 102 Å². The molecule has 0 saturated heterocycles. The highest BCUT2D eigenvalue weighted by Gasteiger charge is 2.07. The van der Waals surface area contributed by atoms with Crippen LogP contribution in [0.4, 0.5) is 0 Å². The summed E-state index contributed by atoms with van der Waals surface area (Å²) in [6.45, 7) is 0.445. The van der Waals surface area contributed by atoms with Crippen molar-refractivity contribution >= 4 is 21.8 Å². The molecule has 2 N–H and O–H groups in total. The fourth-order valence-corrected chi connectivity index (χ4v) is 1.69. The van der Waals surface area contributed by atoms with E-state index in [1.165, 1.54) is 0 Å². The summed E-state index contributed by atoms with van der Waals surface area (Å²) in [5.41, 5.74) is 7.10. The van der Waals surface area contributed by atoms with E-state index in [0.717, 1.165) is 10.0 Å². The highest BCUT2D eigenvalue weighted by Crippen LogP contribution is 2.12. The van der Waals surface area contributed by atoms with Gasteiger partial charge in [-0.15, -0.1) is 0 Å². The lowest BCUT2D eigenvalue weighted by molar-refractivity contribution is 0.0960. The molecule has 0 amide bonds. The number of hydrogen-bond donors (Lipinski definition) is 1. The van der Waals surface area contributed by atoms with E-state index in [9.17, 15) is 4.79 Å². The summed E-state index contributed by atoms with van der Waals surface area (Å²) in [6.07, 6.45) is 3.48. The molecule has 1 aromatic carbocycles. The van der Waals surface area contributed by atoms with E-state index in [1.54, 1.807) is 29.1 Å². The third kappa shape index (κ3) is 2.23. The first kappa shape index (κ1) is 11.1. The number of benzene rings is 1. The summed E-state index contributed by atoms with van der Waals surface area (Å²) in [5.74, 6) is -0.0489. The van der Waals surface area contributed by atoms with Crippen molar-refractivity contribution in [3.63, 3.8) is 0 Å². The maximum atomic E-state index is 12.0. The predicted octanol–water partition coefficient (Wildman–Crippen LogP) is 2.40. The summed E-state index contributed by atoms with van der Waals surface area (Å²) < 4.78 is 2.50. The van der Waals surface area contributed by atoms with Gasteiger partial charge in [0, 0.05) is 29.0 Å². The van der Waals surface area contributed by atoms with Gasteiger partial charge in [-0.1, -0.05) is 15.9 Å². The van der Waals surface area contributed by atoms with Crippen LogP contribution in [0.15, 0.2) is 47.2 Å². The molecule has 0 unspecified atom stereocenters. The zero-order chi connectivity index (χ0) is 11.5. The van der Waals surface area contributed by atoms with E-state index in [0.29, 0.717) is 12.1 Å². The summed E-state index contributed by atoms with van der Waals surface area (Å²) in [6, 6.07) is 9.11. The Morgan fingerprint density at radius 1 is 1.25 bits per heavy atom. The molecule has 2 rings (SSSR count). The van der Waals surface area contributed by atoms with Gasteiger partial charge in [0.1, 0.15) is 0 Å². The Morgan fingerprint density at radius 3 is 2.50 bits per heavy atom. The maximum absolute atomic E-state index is 12.0. The molecule has 0 spiro atoms. The third-order valence-electron chi connectivity index (χ3n) is 2.32. The molecule has 1 aromatic heterocycles. The molecule has 0 aliphatic rings. The molecule has 4 heteroatoms. The van der Waals surface area contributed by atoms with E-state index in [2.05, 4.69) is 15.9 Å². The molecule has 82 valence electrons. The minimum absolute atomic E-state index is 0.0489. The molecule has 16 heavy (non-hydrogen) atoms. The van der Waals surface area contributed by atoms with Crippen molar-refractivity contribution < 1.29 is 4.79 Å². The monoisotopic (exact) mass is 278 g/mol. The normalized spacial score (nSPS) is 10.4. The summed E-state index contributed by atoms with van der Waals surface area (Å²) in [7, 11) is 0. The first-order chi connectivity index (χ1) is 7.70. The number of rotatable bonds is 2. The Morgan fingerprint density at radius 2 is 1.94 bits per heavy atom. The predicted molar refractivity (Wildman–Crippen MR) is 66.2 cm³/mol. The van der Waals surface area contributed by atoms with Crippen LogP contribution in [0.2, 0.25) is 0 Å². The lowest BCUT2D eigenvalue weighted by atomic mass is 10.2. The standard InChI is InChI=1S/C12H11BrN2O/c13-11-3-1-10(2-4-11)12(16)15-6-5-9(7-14)8-15/h1-6,8H,7,14H2. The van der Waals surface area contributed by atoms with Crippen LogP contribution >= 0.6 is 15.9 Å². The van der Waals surface area contributed by atoms with Gasteiger partial charge in [0.2, 0.25) is 0 Å². The Balaban J connectivity index is 2.28. The lowest BCUT2D eigenvalue weighted by Gasteiger charge is -2.01. The van der Waals surface area contributed by atoms with E-state index in [1.807, 2.05) is 18.2 Å². The smallest absolute Gasteiger partial charge is 0.261 e. The van der Waals surface area contributed by atoms with Crippen LogP contribution in [0.3, 0.4) is 0 Å². The molecule has 0 aliphatic carbocycles. The second-order valence-electron chi connectivity index (χ2n) is 3.44. The summed E-state index contributed by atoms with van der Waals surface area (Å²) in [4.78, 5) is 12.0. The molecule has 1 heterocycles. The SMILES string of the molecule is NCc1ccn(C(=O)c2ccc(Br)cc2)c1. The second-order valence-corrected chi connectivity index (χ2v) is 4.36. The zero-order valence-electron chi connectivity index (χ0n) is 8.56. The second kappa shape index (κ2) is 4.63. The number of hydrogen-bond acceptors (Lipinski definition) is 2. The van der Waals surface area contributed by atoms with Gasteiger partial charge in [-0.2, -0.15) is 0 Å². The highest BCUT2D eigenvalue weighted by molar-refractivity contribution is 9.10. The van der Waals surface area contributed by atoms with Crippen LogP contribution in [0.5, 0.6) is 0 Å². The van der Waals surface area contributed by atoms with Crippen LogP contribution in [0.25, 0.3) is 0 Å². The molecule has 0 saturated carbocycles. The van der Waals surface area contributed by atoms with Gasteiger partial charge in [-0.25, -0.2) is 0 Å². The third-order valence-corrected chi connectivity index (χ3v) is 2.84. The van der Waals surface area contributed by atoms with Crippen molar-refractivity contribution in [1.82, 2.24) is 4.57 Å². The van der Waals surface area contributed by atoms with E-state index < -0.39 is 0 Å². The van der Waals surface area contributed by atoms with Gasteiger partial charge < -0.3 is 5.73 Å². The van der Waals surface area contributed by atoms with Crippen molar-refractivity contribution in [2.24, 2.45) is 5.73 Å². The number of carbonyl (C=O) groups is 1. The molecule has 0 radical (unpaired) electrons. The van der Waals surface area contributed by atoms with E-state index >= 15 is 0 Å². The quantitative estimate of drug-likeness (QED) is 0.917. The van der Waals surface area contributed by atoms with Crippen LogP contribution in [0, 0.1) is 0 Å². The molecule has 3 nitrogen and oxygen atoms in total. The van der Waals surface area contributed by atoms with Gasteiger partial charge in [-0.3, -0.25) is 9.36 Å². The van der Waals surface area contributed by atoms with Gasteiger partial charge in [0.15, 0.2) is 0 Å². The van der Waals surface area contributed by atoms with E-state index in [-0.39, 0.29) is 5.91 Å². The van der Waals surface area contributed by atoms with Crippen molar-refractivity contribution in [2.45, 2.75) is 6.54 Å².